The monoisotopic (exact) mass is 466 g/mol. The third-order valence-electron chi connectivity index (χ3n) is 6.65. The van der Waals surface area contributed by atoms with Gasteiger partial charge in [0.05, 0.1) is 0 Å². The molecule has 2 heterocycles. The van der Waals surface area contributed by atoms with Crippen LogP contribution in [0.3, 0.4) is 0 Å². The zero-order chi connectivity index (χ0) is 24.5. The van der Waals surface area contributed by atoms with Gasteiger partial charge in [0.1, 0.15) is 5.69 Å². The summed E-state index contributed by atoms with van der Waals surface area (Å²) in [5.74, 6) is -0.952. The molecule has 4 aromatic rings. The van der Waals surface area contributed by atoms with Crippen LogP contribution in [0.4, 0.5) is 0 Å². The maximum Gasteiger partial charge on any atom is 0.356 e. The molecule has 1 aliphatic rings. The van der Waals surface area contributed by atoms with Crippen LogP contribution in [-0.2, 0) is 29.5 Å². The van der Waals surface area contributed by atoms with E-state index in [2.05, 4.69) is 6.07 Å². The molecule has 0 spiro atoms. The fourth-order valence-corrected chi connectivity index (χ4v) is 4.71. The Morgan fingerprint density at radius 1 is 0.886 bits per heavy atom. The predicted octanol–water partition coefficient (Wildman–Crippen LogP) is 4.26. The first kappa shape index (κ1) is 22.6. The normalized spacial score (nSPS) is 12.9. The lowest BCUT2D eigenvalue weighted by Crippen LogP contribution is -2.39. The SMILES string of the molecule is Cc1ccc(-c2c(C(=O)OCC(=O)N3CCc4ccccc4C3)n(C)c(=O)c3ccccc23)cc1. The Balaban J connectivity index is 1.46. The van der Waals surface area contributed by atoms with Crippen molar-refractivity contribution in [2.24, 2.45) is 7.05 Å². The second-order valence-electron chi connectivity index (χ2n) is 8.91. The third-order valence-corrected chi connectivity index (χ3v) is 6.65. The van der Waals surface area contributed by atoms with E-state index < -0.39 is 5.97 Å². The summed E-state index contributed by atoms with van der Waals surface area (Å²) < 4.78 is 6.83. The van der Waals surface area contributed by atoms with Crippen molar-refractivity contribution in [2.45, 2.75) is 19.9 Å². The summed E-state index contributed by atoms with van der Waals surface area (Å²) in [6, 6.07) is 23.0. The van der Waals surface area contributed by atoms with Crippen molar-refractivity contribution >= 4 is 22.6 Å². The van der Waals surface area contributed by atoms with Gasteiger partial charge in [0, 0.05) is 31.1 Å². The van der Waals surface area contributed by atoms with Crippen LogP contribution in [0.15, 0.2) is 77.6 Å². The molecule has 1 aliphatic heterocycles. The van der Waals surface area contributed by atoms with E-state index >= 15 is 0 Å². The van der Waals surface area contributed by atoms with Gasteiger partial charge in [0.2, 0.25) is 0 Å². The molecule has 1 aromatic heterocycles. The first-order valence-electron chi connectivity index (χ1n) is 11.6. The van der Waals surface area contributed by atoms with Crippen LogP contribution < -0.4 is 5.56 Å². The molecule has 0 N–H and O–H groups in total. The van der Waals surface area contributed by atoms with Crippen LogP contribution >= 0.6 is 0 Å². The number of aryl methyl sites for hydroxylation is 1. The van der Waals surface area contributed by atoms with Gasteiger partial charge in [-0.1, -0.05) is 72.3 Å². The number of esters is 1. The maximum absolute atomic E-state index is 13.4. The summed E-state index contributed by atoms with van der Waals surface area (Å²) in [6.07, 6.45) is 0.770. The molecule has 0 radical (unpaired) electrons. The second kappa shape index (κ2) is 9.22. The zero-order valence-corrected chi connectivity index (χ0v) is 19.8. The number of amides is 1. The molecule has 176 valence electrons. The first-order chi connectivity index (χ1) is 16.9. The fourth-order valence-electron chi connectivity index (χ4n) is 4.71. The van der Waals surface area contributed by atoms with Gasteiger partial charge in [-0.2, -0.15) is 0 Å². The number of fused-ring (bicyclic) bond motifs is 2. The highest BCUT2D eigenvalue weighted by atomic mass is 16.5. The molecule has 0 atom stereocenters. The Bertz CT molecular complexity index is 1500. The van der Waals surface area contributed by atoms with Gasteiger partial charge in [-0.3, -0.25) is 9.59 Å². The average molecular weight is 467 g/mol. The van der Waals surface area contributed by atoms with Crippen molar-refractivity contribution in [3.8, 4) is 11.1 Å². The molecule has 3 aromatic carbocycles. The number of hydrogen-bond donors (Lipinski definition) is 0. The van der Waals surface area contributed by atoms with Crippen LogP contribution in [-0.4, -0.2) is 34.5 Å². The zero-order valence-electron chi connectivity index (χ0n) is 19.8. The number of pyridine rings is 1. The molecular formula is C29H26N2O4. The van der Waals surface area contributed by atoms with E-state index in [1.807, 2.05) is 61.5 Å². The van der Waals surface area contributed by atoms with Gasteiger partial charge in [0.15, 0.2) is 6.61 Å². The average Bonchev–Trinajstić information content (AvgIpc) is 2.89. The number of hydrogen-bond acceptors (Lipinski definition) is 4. The maximum atomic E-state index is 13.4. The van der Waals surface area contributed by atoms with E-state index in [1.165, 1.54) is 10.1 Å². The van der Waals surface area contributed by atoms with Crippen LogP contribution in [0.2, 0.25) is 0 Å². The van der Waals surface area contributed by atoms with Gasteiger partial charge in [-0.05, 0) is 41.5 Å². The topological polar surface area (TPSA) is 68.6 Å². The predicted molar refractivity (Wildman–Crippen MR) is 135 cm³/mol. The standard InChI is InChI=1S/C29H26N2O4/c1-19-11-13-21(14-12-19)26-23-9-5-6-10-24(23)28(33)30(2)27(26)29(34)35-18-25(32)31-16-15-20-7-3-4-8-22(20)17-31/h3-14H,15-18H2,1-2H3. The number of carbonyl (C=O) groups is 2. The smallest absolute Gasteiger partial charge is 0.356 e. The van der Waals surface area contributed by atoms with Gasteiger partial charge in [-0.25, -0.2) is 4.79 Å². The Hall–Kier alpha value is -4.19. The van der Waals surface area contributed by atoms with Crippen LogP contribution in [0.25, 0.3) is 21.9 Å². The van der Waals surface area contributed by atoms with Gasteiger partial charge < -0.3 is 14.2 Å². The quantitative estimate of drug-likeness (QED) is 0.422. The van der Waals surface area contributed by atoms with Crippen molar-refractivity contribution in [3.05, 3.63) is 106 Å². The highest BCUT2D eigenvalue weighted by Gasteiger charge is 2.25. The number of benzene rings is 3. The second-order valence-corrected chi connectivity index (χ2v) is 8.91. The van der Waals surface area contributed by atoms with E-state index in [9.17, 15) is 14.4 Å². The van der Waals surface area contributed by atoms with Crippen molar-refractivity contribution < 1.29 is 14.3 Å². The third kappa shape index (κ3) is 4.23. The number of aromatic nitrogens is 1. The van der Waals surface area contributed by atoms with Gasteiger partial charge in [-0.15, -0.1) is 0 Å². The molecule has 6 heteroatoms. The van der Waals surface area contributed by atoms with E-state index in [1.54, 1.807) is 24.1 Å². The first-order valence-corrected chi connectivity index (χ1v) is 11.6. The molecule has 0 fully saturated rings. The van der Waals surface area contributed by atoms with Crippen molar-refractivity contribution in [3.63, 3.8) is 0 Å². The Morgan fingerprint density at radius 3 is 2.29 bits per heavy atom. The Labute approximate surface area is 203 Å². The van der Waals surface area contributed by atoms with Gasteiger partial charge >= 0.3 is 5.97 Å². The lowest BCUT2D eigenvalue weighted by Gasteiger charge is -2.28. The summed E-state index contributed by atoms with van der Waals surface area (Å²) in [6.45, 7) is 2.68. The fraction of sp³-hybridized carbons (Fsp3) is 0.207. The molecule has 35 heavy (non-hydrogen) atoms. The molecule has 6 nitrogen and oxygen atoms in total. The summed E-state index contributed by atoms with van der Waals surface area (Å²) in [5, 5.41) is 1.19. The Morgan fingerprint density at radius 2 is 1.54 bits per heavy atom. The molecule has 0 saturated heterocycles. The summed E-state index contributed by atoms with van der Waals surface area (Å²) in [4.78, 5) is 41.0. The minimum atomic E-state index is -0.698. The van der Waals surface area contributed by atoms with Crippen molar-refractivity contribution in [2.75, 3.05) is 13.2 Å². The van der Waals surface area contributed by atoms with Crippen molar-refractivity contribution in [1.82, 2.24) is 9.47 Å². The summed E-state index contributed by atoms with van der Waals surface area (Å²) in [7, 11) is 1.56. The molecular weight excluding hydrogens is 440 g/mol. The number of carbonyl (C=O) groups excluding carboxylic acids is 2. The van der Waals surface area contributed by atoms with Crippen LogP contribution in [0.1, 0.15) is 27.2 Å². The molecule has 0 aliphatic carbocycles. The number of rotatable bonds is 4. The molecule has 0 saturated carbocycles. The molecule has 0 bridgehead atoms. The highest BCUT2D eigenvalue weighted by Crippen LogP contribution is 2.31. The Kier molecular flexibility index (Phi) is 5.95. The lowest BCUT2D eigenvalue weighted by atomic mass is 9.96. The minimum absolute atomic E-state index is 0.134. The number of ether oxygens (including phenoxy) is 1. The van der Waals surface area contributed by atoms with Crippen LogP contribution in [0, 0.1) is 6.92 Å². The van der Waals surface area contributed by atoms with E-state index in [-0.39, 0.29) is 23.8 Å². The summed E-state index contributed by atoms with van der Waals surface area (Å²) >= 11 is 0. The lowest BCUT2D eigenvalue weighted by molar-refractivity contribution is -0.135. The largest absolute Gasteiger partial charge is 0.451 e. The molecule has 0 unspecified atom stereocenters. The van der Waals surface area contributed by atoms with Gasteiger partial charge in [0.25, 0.3) is 11.5 Å². The van der Waals surface area contributed by atoms with E-state index in [0.717, 1.165) is 23.1 Å². The number of nitrogens with zero attached hydrogens (tertiary/aromatic N) is 2. The van der Waals surface area contributed by atoms with Crippen molar-refractivity contribution in [1.29, 1.82) is 0 Å². The van der Waals surface area contributed by atoms with E-state index in [4.69, 9.17) is 4.74 Å². The molecule has 1 amide bonds. The van der Waals surface area contributed by atoms with Crippen LogP contribution in [0.5, 0.6) is 0 Å². The minimum Gasteiger partial charge on any atom is -0.451 e. The molecule has 5 rings (SSSR count). The van der Waals surface area contributed by atoms with E-state index in [0.29, 0.717) is 29.4 Å². The summed E-state index contributed by atoms with van der Waals surface area (Å²) in [5.41, 5.74) is 4.69. The highest BCUT2D eigenvalue weighted by molar-refractivity contribution is 6.07.